The fraction of sp³-hybridized carbons (Fsp3) is 0.409. The predicted octanol–water partition coefficient (Wildman–Crippen LogP) is 4.28. The summed E-state index contributed by atoms with van der Waals surface area (Å²) in [5, 5.41) is 2.86. The number of nitrogens with one attached hydrogen (secondary N) is 1. The van der Waals surface area contributed by atoms with Crippen LogP contribution in [0.3, 0.4) is 0 Å². The molecular formula is C22H27N3O3. The number of esters is 1. The number of amides is 1. The molecule has 1 atom stereocenters. The van der Waals surface area contributed by atoms with Gasteiger partial charge < -0.3 is 15.0 Å². The van der Waals surface area contributed by atoms with E-state index in [-0.39, 0.29) is 11.9 Å². The molecule has 2 heterocycles. The smallest absolute Gasteiger partial charge is 0.338 e. The van der Waals surface area contributed by atoms with Crippen molar-refractivity contribution < 1.29 is 14.3 Å². The van der Waals surface area contributed by atoms with E-state index < -0.39 is 0 Å². The molecule has 1 amide bonds. The predicted molar refractivity (Wildman–Crippen MR) is 110 cm³/mol. The van der Waals surface area contributed by atoms with Gasteiger partial charge in [0, 0.05) is 24.5 Å². The Kier molecular flexibility index (Phi) is 6.63. The molecule has 0 aliphatic carbocycles. The van der Waals surface area contributed by atoms with Gasteiger partial charge in [-0.2, -0.15) is 0 Å². The molecule has 1 N–H and O–H groups in total. The van der Waals surface area contributed by atoms with Crippen LogP contribution in [0.15, 0.2) is 42.7 Å². The number of pyridine rings is 1. The normalized spacial score (nSPS) is 16.5. The van der Waals surface area contributed by atoms with Gasteiger partial charge in [0.15, 0.2) is 0 Å². The highest BCUT2D eigenvalue weighted by Gasteiger charge is 2.22. The molecule has 1 fully saturated rings. The molecule has 0 radical (unpaired) electrons. The van der Waals surface area contributed by atoms with Gasteiger partial charge in [0.25, 0.3) is 5.91 Å². The third-order valence-corrected chi connectivity index (χ3v) is 5.07. The van der Waals surface area contributed by atoms with Crippen molar-refractivity contribution in [3.8, 4) is 0 Å². The van der Waals surface area contributed by atoms with E-state index in [2.05, 4.69) is 22.1 Å². The maximum atomic E-state index is 12.7. The molecule has 1 aromatic carbocycles. The van der Waals surface area contributed by atoms with Gasteiger partial charge in [0.1, 0.15) is 0 Å². The second-order valence-electron chi connectivity index (χ2n) is 6.94. The summed E-state index contributed by atoms with van der Waals surface area (Å²) in [6.45, 7) is 5.30. The van der Waals surface area contributed by atoms with Gasteiger partial charge in [-0.3, -0.25) is 9.78 Å². The van der Waals surface area contributed by atoms with Crippen molar-refractivity contribution in [3.05, 3.63) is 53.9 Å². The minimum atomic E-state index is -0.371. The van der Waals surface area contributed by atoms with Gasteiger partial charge >= 0.3 is 5.97 Å². The van der Waals surface area contributed by atoms with E-state index in [0.717, 1.165) is 18.7 Å². The summed E-state index contributed by atoms with van der Waals surface area (Å²) in [5.74, 6) is -0.590. The second-order valence-corrected chi connectivity index (χ2v) is 6.94. The van der Waals surface area contributed by atoms with Crippen molar-refractivity contribution in [2.75, 3.05) is 23.4 Å². The Hall–Kier alpha value is -2.89. The largest absolute Gasteiger partial charge is 0.462 e. The van der Waals surface area contributed by atoms with Crippen molar-refractivity contribution in [1.29, 1.82) is 0 Å². The van der Waals surface area contributed by atoms with Crippen molar-refractivity contribution in [3.63, 3.8) is 0 Å². The van der Waals surface area contributed by atoms with Gasteiger partial charge in [-0.05, 0) is 62.9 Å². The van der Waals surface area contributed by atoms with Crippen LogP contribution in [-0.2, 0) is 4.74 Å². The standard InChI is InChI=1S/C22H27N3O3/c1-3-19-7-5-6-12-25(19)20-13-17(14-23-15-20)21(26)24-18-10-8-16(9-11-18)22(27)28-4-2/h8-11,13-15,19H,3-7,12H2,1-2H3,(H,24,26). The molecule has 2 aromatic rings. The van der Waals surface area contributed by atoms with Crippen LogP contribution >= 0.6 is 0 Å². The number of benzene rings is 1. The average molecular weight is 381 g/mol. The van der Waals surface area contributed by atoms with Crippen LogP contribution < -0.4 is 10.2 Å². The Morgan fingerprint density at radius 1 is 1.14 bits per heavy atom. The minimum Gasteiger partial charge on any atom is -0.462 e. The number of carbonyl (C=O) groups excluding carboxylic acids is 2. The molecular weight excluding hydrogens is 354 g/mol. The Morgan fingerprint density at radius 2 is 1.93 bits per heavy atom. The Bertz CT molecular complexity index is 820. The van der Waals surface area contributed by atoms with E-state index in [1.807, 2.05) is 12.3 Å². The maximum absolute atomic E-state index is 12.7. The van der Waals surface area contributed by atoms with Crippen molar-refractivity contribution in [1.82, 2.24) is 4.98 Å². The van der Waals surface area contributed by atoms with Gasteiger partial charge in [0.2, 0.25) is 0 Å². The summed E-state index contributed by atoms with van der Waals surface area (Å²) in [6.07, 6.45) is 8.10. The molecule has 1 aliphatic rings. The van der Waals surface area contributed by atoms with Crippen molar-refractivity contribution in [2.24, 2.45) is 0 Å². The van der Waals surface area contributed by atoms with Crippen molar-refractivity contribution in [2.45, 2.75) is 45.6 Å². The van der Waals surface area contributed by atoms with Crippen LogP contribution in [-0.4, -0.2) is 36.1 Å². The van der Waals surface area contributed by atoms with Crippen LogP contribution in [0.2, 0.25) is 0 Å². The Balaban J connectivity index is 1.70. The van der Waals surface area contributed by atoms with Gasteiger partial charge in [-0.25, -0.2) is 4.79 Å². The molecule has 1 aromatic heterocycles. The number of rotatable bonds is 6. The molecule has 6 heteroatoms. The number of carbonyl (C=O) groups is 2. The zero-order valence-electron chi connectivity index (χ0n) is 16.5. The first kappa shape index (κ1) is 19.9. The van der Waals surface area contributed by atoms with Crippen LogP contribution in [0.5, 0.6) is 0 Å². The number of nitrogens with zero attached hydrogens (tertiary/aromatic N) is 2. The summed E-state index contributed by atoms with van der Waals surface area (Å²) in [7, 11) is 0. The molecule has 1 aliphatic heterocycles. The van der Waals surface area contributed by atoms with Crippen LogP contribution in [0.1, 0.15) is 60.2 Å². The molecule has 3 rings (SSSR count). The number of hydrogen-bond acceptors (Lipinski definition) is 5. The van der Waals surface area contributed by atoms with Crippen LogP contribution in [0.25, 0.3) is 0 Å². The van der Waals surface area contributed by atoms with E-state index in [1.165, 1.54) is 19.3 Å². The van der Waals surface area contributed by atoms with E-state index in [0.29, 0.717) is 29.5 Å². The zero-order valence-corrected chi connectivity index (χ0v) is 16.5. The molecule has 1 unspecified atom stereocenters. The van der Waals surface area contributed by atoms with Gasteiger partial charge in [0.05, 0.1) is 29.6 Å². The summed E-state index contributed by atoms with van der Waals surface area (Å²) >= 11 is 0. The highest BCUT2D eigenvalue weighted by molar-refractivity contribution is 6.04. The monoisotopic (exact) mass is 381 g/mol. The third kappa shape index (κ3) is 4.68. The lowest BCUT2D eigenvalue weighted by atomic mass is 9.99. The molecule has 6 nitrogen and oxygen atoms in total. The summed E-state index contributed by atoms with van der Waals surface area (Å²) < 4.78 is 4.97. The highest BCUT2D eigenvalue weighted by Crippen LogP contribution is 2.26. The van der Waals surface area contributed by atoms with E-state index in [4.69, 9.17) is 4.74 Å². The van der Waals surface area contributed by atoms with Crippen LogP contribution in [0.4, 0.5) is 11.4 Å². The lowest BCUT2D eigenvalue weighted by molar-refractivity contribution is 0.0526. The summed E-state index contributed by atoms with van der Waals surface area (Å²) in [4.78, 5) is 31.0. The van der Waals surface area contributed by atoms with E-state index in [9.17, 15) is 9.59 Å². The Morgan fingerprint density at radius 3 is 2.64 bits per heavy atom. The van der Waals surface area contributed by atoms with Crippen LogP contribution in [0, 0.1) is 0 Å². The quantitative estimate of drug-likeness (QED) is 0.756. The number of aromatic nitrogens is 1. The molecule has 148 valence electrons. The topological polar surface area (TPSA) is 71.5 Å². The molecule has 28 heavy (non-hydrogen) atoms. The lowest BCUT2D eigenvalue weighted by Gasteiger charge is -2.37. The summed E-state index contributed by atoms with van der Waals surface area (Å²) in [5.41, 5.74) is 2.59. The molecule has 0 bridgehead atoms. The van der Waals surface area contributed by atoms with E-state index in [1.54, 1.807) is 37.4 Å². The summed E-state index contributed by atoms with van der Waals surface area (Å²) in [6, 6.07) is 9.08. The second kappa shape index (κ2) is 9.35. The maximum Gasteiger partial charge on any atom is 0.338 e. The highest BCUT2D eigenvalue weighted by atomic mass is 16.5. The zero-order chi connectivity index (χ0) is 19.9. The average Bonchev–Trinajstić information content (AvgIpc) is 2.74. The lowest BCUT2D eigenvalue weighted by Crippen LogP contribution is -2.39. The first-order chi connectivity index (χ1) is 13.6. The SMILES string of the molecule is CCOC(=O)c1ccc(NC(=O)c2cncc(N3CCCCC3CC)c2)cc1. The van der Waals surface area contributed by atoms with E-state index >= 15 is 0 Å². The van der Waals surface area contributed by atoms with Gasteiger partial charge in [-0.15, -0.1) is 0 Å². The first-order valence-corrected chi connectivity index (χ1v) is 9.92. The first-order valence-electron chi connectivity index (χ1n) is 9.92. The number of ether oxygens (including phenoxy) is 1. The minimum absolute atomic E-state index is 0.219. The Labute approximate surface area is 165 Å². The number of hydrogen-bond donors (Lipinski definition) is 1. The number of anilines is 2. The number of piperidine rings is 1. The molecule has 0 saturated carbocycles. The molecule has 1 saturated heterocycles. The fourth-order valence-electron chi connectivity index (χ4n) is 3.58. The van der Waals surface area contributed by atoms with Crippen molar-refractivity contribution >= 4 is 23.3 Å². The fourth-order valence-corrected chi connectivity index (χ4v) is 3.58. The third-order valence-electron chi connectivity index (χ3n) is 5.07. The molecule has 0 spiro atoms. The van der Waals surface area contributed by atoms with Gasteiger partial charge in [-0.1, -0.05) is 6.92 Å².